The highest BCUT2D eigenvalue weighted by atomic mass is 35.5. The summed E-state index contributed by atoms with van der Waals surface area (Å²) in [6.45, 7) is 4.24. The first-order valence-corrected chi connectivity index (χ1v) is 15.1. The summed E-state index contributed by atoms with van der Waals surface area (Å²) < 4.78 is 69.3. The van der Waals surface area contributed by atoms with E-state index in [1.165, 1.54) is 19.1 Å². The number of aryl methyl sites for hydroxylation is 1. The first-order valence-electron chi connectivity index (χ1n) is 13.1. The summed E-state index contributed by atoms with van der Waals surface area (Å²) in [6.07, 6.45) is -3.59. The van der Waals surface area contributed by atoms with Crippen LogP contribution in [0.5, 0.6) is 5.75 Å². The molecular formula is C27H34ClF3N4O5S. The number of benzene rings is 2. The molecule has 41 heavy (non-hydrogen) atoms. The number of nitrogens with zero attached hydrogens (tertiary/aromatic N) is 1. The maximum atomic E-state index is 13.3. The Balaban J connectivity index is 1.83. The van der Waals surface area contributed by atoms with Crippen molar-refractivity contribution >= 4 is 33.3 Å². The van der Waals surface area contributed by atoms with Gasteiger partial charge < -0.3 is 20.7 Å². The molecule has 1 atom stereocenters. The molecule has 1 aliphatic heterocycles. The highest BCUT2D eigenvalue weighted by Crippen LogP contribution is 2.34. The van der Waals surface area contributed by atoms with Gasteiger partial charge in [0.15, 0.2) is 9.84 Å². The molecule has 0 spiro atoms. The van der Waals surface area contributed by atoms with E-state index >= 15 is 0 Å². The predicted octanol–water partition coefficient (Wildman–Crippen LogP) is 3.57. The van der Waals surface area contributed by atoms with Crippen molar-refractivity contribution in [3.63, 3.8) is 0 Å². The van der Waals surface area contributed by atoms with Gasteiger partial charge in [-0.25, -0.2) is 8.42 Å². The zero-order valence-electron chi connectivity index (χ0n) is 23.0. The number of ether oxygens (including phenoxy) is 1. The third-order valence-corrected chi connectivity index (χ3v) is 8.77. The molecule has 1 saturated heterocycles. The molecule has 1 fully saturated rings. The third kappa shape index (κ3) is 9.32. The van der Waals surface area contributed by atoms with Crippen molar-refractivity contribution in [1.82, 2.24) is 20.9 Å². The standard InChI is InChI=1S/C27H34ClF3N4O5S/c1-4-41(38,39)24-8-7-17(2)10-19(24)13-33-26(37)18-11-22(28)21(23(12-18)40-27(29,30)31)16-35-9-5-6-20(15-35)34-25(36)14-32-3/h7-8,10-12,20,32H,4-6,9,13-16H2,1-3H3,(H,33,37)(H,34,36)/t20-/m0/s1. The van der Waals surface area contributed by atoms with Crippen LogP contribution in [0.2, 0.25) is 5.02 Å². The fraction of sp³-hybridized carbons (Fsp3) is 0.481. The summed E-state index contributed by atoms with van der Waals surface area (Å²) in [5.41, 5.74) is 1.01. The lowest BCUT2D eigenvalue weighted by atomic mass is 10.0. The van der Waals surface area contributed by atoms with E-state index in [9.17, 15) is 31.2 Å². The molecule has 2 amide bonds. The molecule has 14 heteroatoms. The maximum absolute atomic E-state index is 13.3. The molecule has 1 aliphatic rings. The number of amides is 2. The van der Waals surface area contributed by atoms with Crippen LogP contribution in [0.4, 0.5) is 13.2 Å². The van der Waals surface area contributed by atoms with Gasteiger partial charge >= 0.3 is 6.36 Å². The fourth-order valence-electron chi connectivity index (χ4n) is 4.67. The van der Waals surface area contributed by atoms with E-state index < -0.39 is 27.9 Å². The average Bonchev–Trinajstić information content (AvgIpc) is 2.88. The van der Waals surface area contributed by atoms with Crippen LogP contribution in [0.15, 0.2) is 35.2 Å². The van der Waals surface area contributed by atoms with Crippen LogP contribution in [-0.2, 0) is 27.7 Å². The van der Waals surface area contributed by atoms with Crippen molar-refractivity contribution in [3.05, 3.63) is 57.6 Å². The van der Waals surface area contributed by atoms with E-state index in [4.69, 9.17) is 11.6 Å². The molecule has 9 nitrogen and oxygen atoms in total. The van der Waals surface area contributed by atoms with Crippen LogP contribution < -0.4 is 20.7 Å². The van der Waals surface area contributed by atoms with Gasteiger partial charge in [-0.05, 0) is 57.1 Å². The second-order valence-electron chi connectivity index (χ2n) is 9.85. The second kappa shape index (κ2) is 13.9. The minimum Gasteiger partial charge on any atom is -0.405 e. The number of sulfone groups is 1. The zero-order valence-corrected chi connectivity index (χ0v) is 24.6. The van der Waals surface area contributed by atoms with Crippen molar-refractivity contribution in [3.8, 4) is 5.75 Å². The summed E-state index contributed by atoms with van der Waals surface area (Å²) in [5, 5.41) is 8.15. The van der Waals surface area contributed by atoms with Gasteiger partial charge in [0.1, 0.15) is 5.75 Å². The molecule has 0 aliphatic carbocycles. The van der Waals surface area contributed by atoms with Crippen LogP contribution in [0.1, 0.15) is 46.8 Å². The van der Waals surface area contributed by atoms with Crippen molar-refractivity contribution in [2.24, 2.45) is 0 Å². The highest BCUT2D eigenvalue weighted by Gasteiger charge is 2.34. The number of hydrogen-bond acceptors (Lipinski definition) is 7. The highest BCUT2D eigenvalue weighted by molar-refractivity contribution is 7.91. The van der Waals surface area contributed by atoms with Gasteiger partial charge in [-0.3, -0.25) is 14.5 Å². The first kappa shape index (κ1) is 32.6. The zero-order chi connectivity index (χ0) is 30.4. The monoisotopic (exact) mass is 618 g/mol. The Kier molecular flexibility index (Phi) is 11.0. The molecule has 3 rings (SSSR count). The fourth-order valence-corrected chi connectivity index (χ4v) is 6.06. The molecule has 0 bridgehead atoms. The molecular weight excluding hydrogens is 585 g/mol. The molecule has 3 N–H and O–H groups in total. The van der Waals surface area contributed by atoms with Gasteiger partial charge in [0.05, 0.1) is 17.2 Å². The lowest BCUT2D eigenvalue weighted by Crippen LogP contribution is -2.49. The van der Waals surface area contributed by atoms with Gasteiger partial charge in [0, 0.05) is 41.8 Å². The lowest BCUT2D eigenvalue weighted by molar-refractivity contribution is -0.275. The number of nitrogens with one attached hydrogen (secondary N) is 3. The van der Waals surface area contributed by atoms with Crippen LogP contribution in [0.3, 0.4) is 0 Å². The van der Waals surface area contributed by atoms with Gasteiger partial charge in [0.2, 0.25) is 5.91 Å². The van der Waals surface area contributed by atoms with E-state index in [1.807, 2.05) is 4.90 Å². The number of carbonyl (C=O) groups excluding carboxylic acids is 2. The number of halogens is 4. The Morgan fingerprint density at radius 1 is 1.20 bits per heavy atom. The van der Waals surface area contributed by atoms with Crippen molar-refractivity contribution in [1.29, 1.82) is 0 Å². The van der Waals surface area contributed by atoms with Crippen molar-refractivity contribution in [2.45, 2.75) is 57.1 Å². The summed E-state index contributed by atoms with van der Waals surface area (Å²) in [5.74, 6) is -1.68. The van der Waals surface area contributed by atoms with Crippen LogP contribution in [0, 0.1) is 6.92 Å². The Morgan fingerprint density at radius 2 is 1.93 bits per heavy atom. The predicted molar refractivity (Wildman–Crippen MR) is 149 cm³/mol. The van der Waals surface area contributed by atoms with Crippen molar-refractivity contribution < 1.29 is 35.9 Å². The summed E-state index contributed by atoms with van der Waals surface area (Å²) >= 11 is 6.42. The Hall–Kier alpha value is -2.87. The first-order chi connectivity index (χ1) is 19.2. The smallest absolute Gasteiger partial charge is 0.405 e. The summed E-state index contributed by atoms with van der Waals surface area (Å²) in [6, 6.07) is 6.79. The largest absolute Gasteiger partial charge is 0.573 e. The Morgan fingerprint density at radius 3 is 2.59 bits per heavy atom. The number of likely N-dealkylation sites (N-methyl/N-ethyl adjacent to an activating group) is 1. The van der Waals surface area contributed by atoms with E-state index in [1.54, 1.807) is 26.1 Å². The maximum Gasteiger partial charge on any atom is 0.573 e. The summed E-state index contributed by atoms with van der Waals surface area (Å²) in [7, 11) is -1.92. The molecule has 2 aromatic carbocycles. The molecule has 0 saturated carbocycles. The second-order valence-corrected chi connectivity index (χ2v) is 12.5. The number of rotatable bonds is 11. The van der Waals surface area contributed by atoms with Crippen molar-refractivity contribution in [2.75, 3.05) is 32.4 Å². The van der Waals surface area contributed by atoms with Gasteiger partial charge in [0.25, 0.3) is 5.91 Å². The molecule has 0 aromatic heterocycles. The quantitative estimate of drug-likeness (QED) is 0.353. The van der Waals surface area contributed by atoms with E-state index in [0.717, 1.165) is 18.1 Å². The topological polar surface area (TPSA) is 117 Å². The number of hydrogen-bond donors (Lipinski definition) is 3. The molecule has 0 radical (unpaired) electrons. The summed E-state index contributed by atoms with van der Waals surface area (Å²) in [4.78, 5) is 26.9. The van der Waals surface area contributed by atoms with Gasteiger partial charge in [-0.1, -0.05) is 36.2 Å². The number of carbonyl (C=O) groups is 2. The number of alkyl halides is 3. The molecule has 2 aromatic rings. The SMILES string of the molecule is CCS(=O)(=O)c1ccc(C)cc1CNC(=O)c1cc(Cl)c(CN2CCC[C@H](NC(=O)CNC)C2)c(OC(F)(F)F)c1. The minimum absolute atomic E-state index is 0.00603. The minimum atomic E-state index is -5.04. The van der Waals surface area contributed by atoms with E-state index in [2.05, 4.69) is 20.7 Å². The third-order valence-electron chi connectivity index (χ3n) is 6.60. The van der Waals surface area contributed by atoms with Crippen LogP contribution >= 0.6 is 11.6 Å². The van der Waals surface area contributed by atoms with E-state index in [0.29, 0.717) is 25.1 Å². The lowest BCUT2D eigenvalue weighted by Gasteiger charge is -2.33. The number of likely N-dealkylation sites (tertiary alicyclic amines) is 1. The molecule has 1 heterocycles. The molecule has 0 unspecified atom stereocenters. The Labute approximate surface area is 242 Å². The van der Waals surface area contributed by atoms with E-state index in [-0.39, 0.29) is 58.4 Å². The average molecular weight is 619 g/mol. The Bertz CT molecular complexity index is 1370. The van der Waals surface area contributed by atoms with Gasteiger partial charge in [-0.2, -0.15) is 0 Å². The van der Waals surface area contributed by atoms with Gasteiger partial charge in [-0.15, -0.1) is 13.2 Å². The normalized spacial score (nSPS) is 16.3. The number of piperidine rings is 1. The van der Waals surface area contributed by atoms with Crippen LogP contribution in [0.25, 0.3) is 0 Å². The van der Waals surface area contributed by atoms with Crippen LogP contribution in [-0.4, -0.2) is 70.0 Å². The molecule has 226 valence electrons.